The number of aliphatic hydroxyl groups is 2. The highest BCUT2D eigenvalue weighted by molar-refractivity contribution is 5.07. The van der Waals surface area contributed by atoms with Crippen molar-refractivity contribution in [1.29, 1.82) is 0 Å². The highest BCUT2D eigenvalue weighted by Crippen LogP contribution is 2.62. The molecule has 0 aromatic carbocycles. The minimum Gasteiger partial charge on any atom is -0.396 e. The highest BCUT2D eigenvalue weighted by Gasteiger charge is 2.57. The van der Waals surface area contributed by atoms with Crippen LogP contribution < -0.4 is 0 Å². The van der Waals surface area contributed by atoms with Crippen molar-refractivity contribution < 1.29 is 10.2 Å². The lowest BCUT2D eigenvalue weighted by atomic mass is 9.45. The zero-order valence-corrected chi connectivity index (χ0v) is 12.5. The van der Waals surface area contributed by atoms with E-state index in [0.717, 1.165) is 19.3 Å². The molecule has 0 radical (unpaired) electrons. The van der Waals surface area contributed by atoms with Crippen LogP contribution in [0.25, 0.3) is 0 Å². The smallest absolute Gasteiger partial charge is 0.0654 e. The van der Waals surface area contributed by atoms with Crippen LogP contribution >= 0.6 is 0 Å². The lowest BCUT2D eigenvalue weighted by Gasteiger charge is -2.61. The number of hydrogen-bond acceptors (Lipinski definition) is 2. The first-order valence-electron chi connectivity index (χ1n) is 7.57. The summed E-state index contributed by atoms with van der Waals surface area (Å²) in [7, 11) is 0. The van der Waals surface area contributed by atoms with E-state index in [-0.39, 0.29) is 17.9 Å². The molecule has 0 aromatic rings. The van der Waals surface area contributed by atoms with E-state index in [0.29, 0.717) is 11.3 Å². The van der Waals surface area contributed by atoms with Gasteiger partial charge in [0, 0.05) is 6.61 Å². The Kier molecular flexibility index (Phi) is 3.57. The molecule has 0 aliphatic heterocycles. The molecule has 2 saturated carbocycles. The molecule has 18 heavy (non-hydrogen) atoms. The Labute approximate surface area is 112 Å². The second-order valence-electron chi connectivity index (χ2n) is 7.86. The lowest BCUT2D eigenvalue weighted by Crippen LogP contribution is -2.57. The summed E-state index contributed by atoms with van der Waals surface area (Å²) in [5.74, 6) is 0.934. The van der Waals surface area contributed by atoms with Gasteiger partial charge in [-0.15, -0.1) is 0 Å². The zero-order valence-electron chi connectivity index (χ0n) is 12.5. The Morgan fingerprint density at radius 3 is 2.33 bits per heavy atom. The van der Waals surface area contributed by atoms with E-state index in [1.54, 1.807) is 0 Å². The van der Waals surface area contributed by atoms with Crippen LogP contribution in [-0.4, -0.2) is 22.4 Å². The normalized spacial score (nSPS) is 47.7. The van der Waals surface area contributed by atoms with Gasteiger partial charge in [0.2, 0.25) is 0 Å². The Morgan fingerprint density at radius 2 is 1.72 bits per heavy atom. The fourth-order valence-corrected chi connectivity index (χ4v) is 5.39. The molecular weight excluding hydrogens is 224 g/mol. The summed E-state index contributed by atoms with van der Waals surface area (Å²) >= 11 is 0. The molecule has 0 aromatic heterocycles. The van der Waals surface area contributed by atoms with Crippen molar-refractivity contribution in [2.45, 2.75) is 71.8 Å². The third-order valence-electron chi connectivity index (χ3n) is 6.18. The molecule has 106 valence electrons. The molecule has 2 nitrogen and oxygen atoms in total. The molecular formula is C16H30O2. The summed E-state index contributed by atoms with van der Waals surface area (Å²) in [6, 6.07) is 0. The van der Waals surface area contributed by atoms with E-state index < -0.39 is 5.60 Å². The Morgan fingerprint density at radius 1 is 1.06 bits per heavy atom. The quantitative estimate of drug-likeness (QED) is 0.793. The topological polar surface area (TPSA) is 40.5 Å². The third-order valence-corrected chi connectivity index (χ3v) is 6.18. The number of fused-ring (bicyclic) bond motifs is 1. The Balaban J connectivity index is 2.35. The van der Waals surface area contributed by atoms with Crippen LogP contribution in [0.3, 0.4) is 0 Å². The van der Waals surface area contributed by atoms with Gasteiger partial charge in [0.05, 0.1) is 5.60 Å². The first-order chi connectivity index (χ1) is 8.24. The van der Waals surface area contributed by atoms with Crippen molar-refractivity contribution in [3.63, 3.8) is 0 Å². The summed E-state index contributed by atoms with van der Waals surface area (Å²) in [4.78, 5) is 0. The molecule has 2 N–H and O–H groups in total. The molecule has 2 aliphatic rings. The molecule has 2 rings (SSSR count). The van der Waals surface area contributed by atoms with Gasteiger partial charge in [0.15, 0.2) is 0 Å². The molecule has 2 heteroatoms. The van der Waals surface area contributed by atoms with E-state index in [9.17, 15) is 10.2 Å². The molecule has 0 saturated heterocycles. The average Bonchev–Trinajstić information content (AvgIpc) is 2.22. The molecule has 0 bridgehead atoms. The molecule has 0 heterocycles. The van der Waals surface area contributed by atoms with Crippen molar-refractivity contribution in [1.82, 2.24) is 0 Å². The summed E-state index contributed by atoms with van der Waals surface area (Å²) in [6.07, 6.45) is 6.55. The highest BCUT2D eigenvalue weighted by atomic mass is 16.3. The van der Waals surface area contributed by atoms with Gasteiger partial charge >= 0.3 is 0 Å². The largest absolute Gasteiger partial charge is 0.396 e. The van der Waals surface area contributed by atoms with Gasteiger partial charge in [-0.1, -0.05) is 27.2 Å². The monoisotopic (exact) mass is 254 g/mol. The van der Waals surface area contributed by atoms with Gasteiger partial charge in [-0.2, -0.15) is 0 Å². The standard InChI is InChI=1S/C16H30O2/c1-14(2)8-5-9-15(3)12(14)6-10-16(4,18)13(15)7-11-17/h12-13,17-18H,5-11H2,1-4H3/t12-,13?,15?,16+/m0/s1. The summed E-state index contributed by atoms with van der Waals surface area (Å²) in [5.41, 5.74) is -0.00909. The maximum atomic E-state index is 10.7. The second-order valence-corrected chi connectivity index (χ2v) is 7.86. The van der Waals surface area contributed by atoms with Crippen molar-refractivity contribution >= 4 is 0 Å². The van der Waals surface area contributed by atoms with E-state index >= 15 is 0 Å². The Bertz CT molecular complexity index is 308. The van der Waals surface area contributed by atoms with Crippen LogP contribution in [0.1, 0.15) is 66.2 Å². The predicted molar refractivity (Wildman–Crippen MR) is 74.3 cm³/mol. The molecule has 0 spiro atoms. The van der Waals surface area contributed by atoms with E-state index in [1.165, 1.54) is 19.3 Å². The summed E-state index contributed by atoms with van der Waals surface area (Å²) in [6.45, 7) is 9.34. The maximum Gasteiger partial charge on any atom is 0.0654 e. The van der Waals surface area contributed by atoms with Crippen LogP contribution in [0, 0.1) is 22.7 Å². The molecule has 0 amide bonds. The van der Waals surface area contributed by atoms with E-state index in [1.807, 2.05) is 6.92 Å². The number of rotatable bonds is 2. The molecule has 2 fully saturated rings. The minimum absolute atomic E-state index is 0.198. The first kappa shape index (κ1) is 14.3. The first-order valence-corrected chi connectivity index (χ1v) is 7.57. The lowest BCUT2D eigenvalue weighted by molar-refractivity contribution is -0.171. The molecule has 4 atom stereocenters. The summed E-state index contributed by atoms with van der Waals surface area (Å²) in [5, 5.41) is 20.1. The van der Waals surface area contributed by atoms with E-state index in [2.05, 4.69) is 20.8 Å². The van der Waals surface area contributed by atoms with Crippen molar-refractivity contribution in [2.75, 3.05) is 6.61 Å². The van der Waals surface area contributed by atoms with Crippen LogP contribution in [-0.2, 0) is 0 Å². The third kappa shape index (κ3) is 2.12. The maximum absolute atomic E-state index is 10.7. The van der Waals surface area contributed by atoms with Gasteiger partial charge in [-0.05, 0) is 61.7 Å². The fourth-order valence-electron chi connectivity index (χ4n) is 5.39. The van der Waals surface area contributed by atoms with Crippen LogP contribution in [0.4, 0.5) is 0 Å². The van der Waals surface area contributed by atoms with Crippen LogP contribution in [0.5, 0.6) is 0 Å². The van der Waals surface area contributed by atoms with Crippen LogP contribution in [0.2, 0.25) is 0 Å². The number of aliphatic hydroxyl groups excluding tert-OH is 1. The fraction of sp³-hybridized carbons (Fsp3) is 1.00. The Hall–Kier alpha value is -0.0800. The minimum atomic E-state index is -0.596. The predicted octanol–water partition coefficient (Wildman–Crippen LogP) is 3.36. The van der Waals surface area contributed by atoms with Gasteiger partial charge in [0.1, 0.15) is 0 Å². The average molecular weight is 254 g/mol. The van der Waals surface area contributed by atoms with Gasteiger partial charge in [-0.25, -0.2) is 0 Å². The van der Waals surface area contributed by atoms with Crippen LogP contribution in [0.15, 0.2) is 0 Å². The van der Waals surface area contributed by atoms with E-state index in [4.69, 9.17) is 0 Å². The number of hydrogen-bond donors (Lipinski definition) is 2. The van der Waals surface area contributed by atoms with Crippen molar-refractivity contribution in [3.8, 4) is 0 Å². The van der Waals surface area contributed by atoms with Crippen molar-refractivity contribution in [3.05, 3.63) is 0 Å². The summed E-state index contributed by atoms with van der Waals surface area (Å²) < 4.78 is 0. The van der Waals surface area contributed by atoms with Gasteiger partial charge in [-0.3, -0.25) is 0 Å². The second kappa shape index (κ2) is 4.49. The van der Waals surface area contributed by atoms with Gasteiger partial charge < -0.3 is 10.2 Å². The van der Waals surface area contributed by atoms with Crippen molar-refractivity contribution in [2.24, 2.45) is 22.7 Å². The zero-order chi connectivity index (χ0) is 13.6. The molecule has 2 aliphatic carbocycles. The SMILES string of the molecule is CC1(C)CCCC2(C)C(CCO)[C@](C)(O)CC[C@@H]12. The molecule has 2 unspecified atom stereocenters. The van der Waals surface area contributed by atoms with Gasteiger partial charge in [0.25, 0.3) is 0 Å².